The van der Waals surface area contributed by atoms with Crippen LogP contribution in [0.5, 0.6) is 0 Å². The first-order valence-corrected chi connectivity index (χ1v) is 8.99. The predicted molar refractivity (Wildman–Crippen MR) is 109 cm³/mol. The zero-order valence-electron chi connectivity index (χ0n) is 15.8. The van der Waals surface area contributed by atoms with Gasteiger partial charge in [-0.05, 0) is 48.4 Å². The Bertz CT molecular complexity index is 991. The fourth-order valence-corrected chi connectivity index (χ4v) is 2.60. The van der Waals surface area contributed by atoms with Crippen molar-refractivity contribution in [3.63, 3.8) is 0 Å². The number of carbonyl (C=O) groups is 2. The maximum Gasteiger partial charge on any atom is 0.274 e. The summed E-state index contributed by atoms with van der Waals surface area (Å²) in [4.78, 5) is 31.6. The summed E-state index contributed by atoms with van der Waals surface area (Å²) in [5, 5.41) is 8.53. The lowest BCUT2D eigenvalue weighted by Gasteiger charge is -2.09. The molecule has 0 saturated carbocycles. The third kappa shape index (κ3) is 6.10. The lowest BCUT2D eigenvalue weighted by Crippen LogP contribution is -2.15. The van der Waals surface area contributed by atoms with E-state index in [4.69, 9.17) is 0 Å². The van der Waals surface area contributed by atoms with Gasteiger partial charge in [0, 0.05) is 30.9 Å². The van der Waals surface area contributed by atoms with E-state index in [1.807, 2.05) is 0 Å². The molecule has 0 unspecified atom stereocenters. The number of hydrogen-bond donors (Lipinski definition) is 3. The van der Waals surface area contributed by atoms with Crippen molar-refractivity contribution >= 4 is 29.0 Å². The molecule has 0 saturated heterocycles. The highest BCUT2D eigenvalue weighted by Crippen LogP contribution is 2.15. The Hall–Kier alpha value is -3.81. The van der Waals surface area contributed by atoms with Gasteiger partial charge < -0.3 is 16.0 Å². The fourth-order valence-electron chi connectivity index (χ4n) is 2.60. The number of halogens is 1. The molecule has 1 aromatic heterocycles. The number of carbonyl (C=O) groups excluding carboxylic acids is 2. The molecule has 0 aliphatic rings. The predicted octanol–water partition coefficient (Wildman–Crippen LogP) is 3.48. The zero-order chi connectivity index (χ0) is 20.6. The second-order valence-corrected chi connectivity index (χ2v) is 6.30. The Balaban J connectivity index is 1.55. The number of amides is 2. The van der Waals surface area contributed by atoms with Crippen LogP contribution in [0, 0.1) is 5.82 Å². The highest BCUT2D eigenvalue weighted by Gasteiger charge is 2.09. The highest BCUT2D eigenvalue weighted by molar-refractivity contribution is 6.03. The van der Waals surface area contributed by atoms with Gasteiger partial charge in [0.1, 0.15) is 23.7 Å². The van der Waals surface area contributed by atoms with Crippen LogP contribution in [-0.2, 0) is 11.2 Å². The molecule has 0 bridgehead atoms. The summed E-state index contributed by atoms with van der Waals surface area (Å²) >= 11 is 0. The molecule has 29 heavy (non-hydrogen) atoms. The van der Waals surface area contributed by atoms with Crippen molar-refractivity contribution < 1.29 is 14.0 Å². The Morgan fingerprint density at radius 2 is 1.59 bits per heavy atom. The molecule has 148 valence electrons. The lowest BCUT2D eigenvalue weighted by molar-refractivity contribution is -0.114. The van der Waals surface area contributed by atoms with Gasteiger partial charge in [0.05, 0.1) is 0 Å². The van der Waals surface area contributed by atoms with Gasteiger partial charge in [0.15, 0.2) is 0 Å². The number of benzene rings is 2. The molecular formula is C21H20FN5O2. The van der Waals surface area contributed by atoms with Crippen LogP contribution in [-0.4, -0.2) is 28.3 Å². The first-order valence-electron chi connectivity index (χ1n) is 8.99. The van der Waals surface area contributed by atoms with Crippen molar-refractivity contribution in [3.05, 3.63) is 78.0 Å². The summed E-state index contributed by atoms with van der Waals surface area (Å²) in [7, 11) is 0. The van der Waals surface area contributed by atoms with Crippen molar-refractivity contribution in [2.45, 2.75) is 13.3 Å². The third-order valence-corrected chi connectivity index (χ3v) is 4.00. The molecule has 0 spiro atoms. The molecule has 0 fully saturated rings. The van der Waals surface area contributed by atoms with Crippen LogP contribution in [0.4, 0.5) is 21.6 Å². The van der Waals surface area contributed by atoms with Crippen LogP contribution in [0.3, 0.4) is 0 Å². The molecule has 3 rings (SSSR count). The molecule has 1 heterocycles. The second kappa shape index (κ2) is 9.41. The summed E-state index contributed by atoms with van der Waals surface area (Å²) in [6.07, 6.45) is 2.00. The Morgan fingerprint density at radius 3 is 2.24 bits per heavy atom. The number of rotatable bonds is 7. The summed E-state index contributed by atoms with van der Waals surface area (Å²) in [5.41, 5.74) is 2.43. The number of hydrogen-bond acceptors (Lipinski definition) is 5. The van der Waals surface area contributed by atoms with E-state index in [0.29, 0.717) is 30.2 Å². The van der Waals surface area contributed by atoms with Crippen molar-refractivity contribution in [3.8, 4) is 0 Å². The fraction of sp³-hybridized carbons (Fsp3) is 0.143. The number of aromatic nitrogens is 2. The summed E-state index contributed by atoms with van der Waals surface area (Å²) < 4.78 is 12.9. The average molecular weight is 393 g/mol. The van der Waals surface area contributed by atoms with Gasteiger partial charge in [0.25, 0.3) is 5.91 Å². The van der Waals surface area contributed by atoms with Gasteiger partial charge in [0.2, 0.25) is 5.91 Å². The van der Waals surface area contributed by atoms with Gasteiger partial charge in [-0.25, -0.2) is 14.4 Å². The minimum atomic E-state index is -0.374. The first kappa shape index (κ1) is 19.9. The van der Waals surface area contributed by atoms with Crippen molar-refractivity contribution in [1.82, 2.24) is 9.97 Å². The van der Waals surface area contributed by atoms with Crippen LogP contribution >= 0.6 is 0 Å². The summed E-state index contributed by atoms with van der Waals surface area (Å²) in [6, 6.07) is 14.6. The minimum absolute atomic E-state index is 0.165. The zero-order valence-corrected chi connectivity index (χ0v) is 15.8. The van der Waals surface area contributed by atoms with Gasteiger partial charge in [-0.1, -0.05) is 12.1 Å². The largest absolute Gasteiger partial charge is 0.370 e. The molecule has 0 aliphatic carbocycles. The van der Waals surface area contributed by atoms with E-state index < -0.39 is 0 Å². The Morgan fingerprint density at radius 1 is 0.931 bits per heavy atom. The lowest BCUT2D eigenvalue weighted by atomic mass is 10.1. The molecule has 3 N–H and O–H groups in total. The Kier molecular flexibility index (Phi) is 6.47. The topological polar surface area (TPSA) is 96.0 Å². The van der Waals surface area contributed by atoms with E-state index in [0.717, 1.165) is 5.56 Å². The quantitative estimate of drug-likeness (QED) is 0.571. The molecule has 3 aromatic rings. The minimum Gasteiger partial charge on any atom is -0.370 e. The van der Waals surface area contributed by atoms with E-state index in [1.54, 1.807) is 42.5 Å². The molecule has 7 nitrogen and oxygen atoms in total. The van der Waals surface area contributed by atoms with Gasteiger partial charge >= 0.3 is 0 Å². The monoisotopic (exact) mass is 393 g/mol. The average Bonchev–Trinajstić information content (AvgIpc) is 2.71. The van der Waals surface area contributed by atoms with E-state index >= 15 is 0 Å². The number of nitrogens with one attached hydrogen (secondary N) is 3. The van der Waals surface area contributed by atoms with Crippen LogP contribution in [0.15, 0.2) is 60.9 Å². The summed E-state index contributed by atoms with van der Waals surface area (Å²) in [5.74, 6) is -0.283. The normalized spacial score (nSPS) is 10.3. The first-order chi connectivity index (χ1) is 14.0. The summed E-state index contributed by atoms with van der Waals surface area (Å²) in [6.45, 7) is 2.00. The number of nitrogens with zero attached hydrogens (tertiary/aromatic N) is 2. The van der Waals surface area contributed by atoms with Crippen LogP contribution in [0.2, 0.25) is 0 Å². The van der Waals surface area contributed by atoms with E-state index in [9.17, 15) is 14.0 Å². The second-order valence-electron chi connectivity index (χ2n) is 6.30. The molecule has 2 amide bonds. The maximum atomic E-state index is 12.9. The molecule has 0 radical (unpaired) electrons. The number of anilines is 3. The standard InChI is InChI=1S/C21H20FN5O2/c1-14(28)26-17-6-8-18(9-7-17)27-21(29)19-12-20(25-13-24-19)23-11-10-15-2-4-16(22)5-3-15/h2-9,12-13H,10-11H2,1H3,(H,26,28)(H,27,29)(H,23,24,25). The third-order valence-electron chi connectivity index (χ3n) is 4.00. The molecule has 8 heteroatoms. The highest BCUT2D eigenvalue weighted by atomic mass is 19.1. The van der Waals surface area contributed by atoms with E-state index in [2.05, 4.69) is 25.9 Å². The molecule has 2 aromatic carbocycles. The Labute approximate surface area is 167 Å². The molecule has 0 aliphatic heterocycles. The van der Waals surface area contributed by atoms with Crippen molar-refractivity contribution in [2.24, 2.45) is 0 Å². The SMILES string of the molecule is CC(=O)Nc1ccc(NC(=O)c2cc(NCCc3ccc(F)cc3)ncn2)cc1. The van der Waals surface area contributed by atoms with Crippen LogP contribution < -0.4 is 16.0 Å². The van der Waals surface area contributed by atoms with Crippen LogP contribution in [0.1, 0.15) is 23.0 Å². The van der Waals surface area contributed by atoms with Gasteiger partial charge in [-0.15, -0.1) is 0 Å². The van der Waals surface area contributed by atoms with Gasteiger partial charge in [-0.2, -0.15) is 0 Å². The van der Waals surface area contributed by atoms with Crippen molar-refractivity contribution in [1.29, 1.82) is 0 Å². The van der Waals surface area contributed by atoms with Crippen molar-refractivity contribution in [2.75, 3.05) is 22.5 Å². The molecular weight excluding hydrogens is 373 g/mol. The van der Waals surface area contributed by atoms with Crippen LogP contribution in [0.25, 0.3) is 0 Å². The van der Waals surface area contributed by atoms with E-state index in [1.165, 1.54) is 25.4 Å². The maximum absolute atomic E-state index is 12.9. The molecule has 0 atom stereocenters. The smallest absolute Gasteiger partial charge is 0.274 e. The van der Waals surface area contributed by atoms with Gasteiger partial charge in [-0.3, -0.25) is 9.59 Å². The van der Waals surface area contributed by atoms with E-state index in [-0.39, 0.29) is 23.3 Å².